The number of halogens is 1. The van der Waals surface area contributed by atoms with E-state index in [1.54, 1.807) is 11.3 Å². The van der Waals surface area contributed by atoms with Crippen molar-refractivity contribution in [3.63, 3.8) is 0 Å². The van der Waals surface area contributed by atoms with Gasteiger partial charge in [0, 0.05) is 24.7 Å². The summed E-state index contributed by atoms with van der Waals surface area (Å²) >= 11 is 0. The minimum atomic E-state index is -0.901. The van der Waals surface area contributed by atoms with Gasteiger partial charge in [-0.2, -0.15) is 4.39 Å². The van der Waals surface area contributed by atoms with Crippen LogP contribution in [-0.4, -0.2) is 33.4 Å². The maximum Gasteiger partial charge on any atom is 0.331 e. The summed E-state index contributed by atoms with van der Waals surface area (Å²) < 4.78 is 15.2. The lowest BCUT2D eigenvalue weighted by Crippen LogP contribution is -2.25. The van der Waals surface area contributed by atoms with Gasteiger partial charge in [-0.05, 0) is 66.9 Å². The molecule has 3 unspecified atom stereocenters. The summed E-state index contributed by atoms with van der Waals surface area (Å²) in [6, 6.07) is 1.89. The highest BCUT2D eigenvalue weighted by Gasteiger charge is 2.32. The van der Waals surface area contributed by atoms with Crippen LogP contribution in [0.2, 0.25) is 0 Å². The molecule has 2 N–H and O–H groups in total. The number of nitrogens with one attached hydrogen (secondary N) is 1. The van der Waals surface area contributed by atoms with Crippen molar-refractivity contribution in [1.29, 1.82) is 0 Å². The Labute approximate surface area is 192 Å². The van der Waals surface area contributed by atoms with Gasteiger partial charge in [-0.1, -0.05) is 26.0 Å². The number of hydrogen-bond acceptors (Lipinski definition) is 3. The van der Waals surface area contributed by atoms with Crippen molar-refractivity contribution < 1.29 is 19.1 Å². The van der Waals surface area contributed by atoms with Crippen molar-refractivity contribution in [1.82, 2.24) is 14.7 Å². The Morgan fingerprint density at radius 3 is 2.67 bits per heavy atom. The number of terminal acetylenes is 1. The highest BCUT2D eigenvalue weighted by atomic mass is 19.1. The zero-order chi connectivity index (χ0) is 24.4. The lowest BCUT2D eigenvalue weighted by Gasteiger charge is -2.33. The number of nitrogens with zero attached hydrogens (tertiary/aromatic N) is 2. The Morgan fingerprint density at radius 2 is 2.06 bits per heavy atom. The van der Waals surface area contributed by atoms with Crippen molar-refractivity contribution in [2.24, 2.45) is 11.8 Å². The number of aliphatic carboxylic acids is 1. The fourth-order valence-electron chi connectivity index (χ4n) is 4.34. The molecule has 3 rings (SSSR count). The number of carboxylic acids is 1. The molecule has 0 bridgehead atoms. The van der Waals surface area contributed by atoms with Crippen LogP contribution in [0.15, 0.2) is 41.9 Å². The van der Waals surface area contributed by atoms with Crippen LogP contribution in [0.1, 0.15) is 60.4 Å². The minimum absolute atomic E-state index is 0.114. The molecule has 2 heterocycles. The van der Waals surface area contributed by atoms with Gasteiger partial charge < -0.3 is 10.4 Å². The van der Waals surface area contributed by atoms with Crippen LogP contribution < -0.4 is 5.32 Å². The second kappa shape index (κ2) is 9.45. The van der Waals surface area contributed by atoms with E-state index in [2.05, 4.69) is 24.1 Å². The zero-order valence-electron chi connectivity index (χ0n) is 19.4. The van der Waals surface area contributed by atoms with Crippen LogP contribution in [0, 0.1) is 31.1 Å². The van der Waals surface area contributed by atoms with Crippen molar-refractivity contribution in [3.05, 3.63) is 64.4 Å². The maximum absolute atomic E-state index is 13.4. The molecule has 1 aliphatic carbocycles. The molecule has 0 saturated heterocycles. The number of carboxylic acid groups (broad SMARTS) is 1. The average Bonchev–Trinajstić information content (AvgIpc) is 3.15. The Balaban J connectivity index is 2.25. The molecule has 0 fully saturated rings. The van der Waals surface area contributed by atoms with Gasteiger partial charge in [-0.3, -0.25) is 9.20 Å². The molecular weight excluding hydrogens is 421 g/mol. The number of aromatic nitrogens is 2. The largest absolute Gasteiger partial charge is 0.478 e. The summed E-state index contributed by atoms with van der Waals surface area (Å²) in [5.41, 5.74) is 4.18. The van der Waals surface area contributed by atoms with Gasteiger partial charge in [0.05, 0.1) is 5.69 Å². The summed E-state index contributed by atoms with van der Waals surface area (Å²) in [6.07, 6.45) is 11.9. The first-order valence-corrected chi connectivity index (χ1v) is 10.8. The van der Waals surface area contributed by atoms with Crippen LogP contribution in [0.5, 0.6) is 0 Å². The van der Waals surface area contributed by atoms with Gasteiger partial charge in [0.1, 0.15) is 11.3 Å². The third-order valence-corrected chi connectivity index (χ3v) is 6.46. The molecule has 7 heteroatoms. The Hall–Kier alpha value is -3.66. The SMILES string of the molecule is C#CC(F)=CC=C(C)c1nc2cc(C)c(C3C=C(C(=O)O)CC(C)C3C)cn2c1C(=O)NC. The van der Waals surface area contributed by atoms with E-state index < -0.39 is 11.8 Å². The minimum Gasteiger partial charge on any atom is -0.478 e. The Morgan fingerprint density at radius 1 is 1.36 bits per heavy atom. The summed E-state index contributed by atoms with van der Waals surface area (Å²) in [5.74, 6) is 0.249. The summed E-state index contributed by atoms with van der Waals surface area (Å²) in [7, 11) is 1.53. The van der Waals surface area contributed by atoms with E-state index in [4.69, 9.17) is 6.42 Å². The Bertz CT molecular complexity index is 1260. The fraction of sp³-hybridized carbons (Fsp3) is 0.346. The van der Waals surface area contributed by atoms with E-state index >= 15 is 0 Å². The molecule has 1 amide bonds. The van der Waals surface area contributed by atoms with Gasteiger partial charge in [0.15, 0.2) is 5.83 Å². The molecule has 1 aliphatic rings. The first-order chi connectivity index (χ1) is 15.6. The predicted molar refractivity (Wildman–Crippen MR) is 126 cm³/mol. The second-order valence-corrected chi connectivity index (χ2v) is 8.60. The smallest absolute Gasteiger partial charge is 0.331 e. The summed E-state index contributed by atoms with van der Waals surface area (Å²) in [6.45, 7) is 7.86. The molecule has 0 saturated carbocycles. The number of rotatable bonds is 5. The third kappa shape index (κ3) is 4.61. The van der Waals surface area contributed by atoms with Crippen LogP contribution in [0.4, 0.5) is 4.39 Å². The number of imidazole rings is 1. The molecule has 0 spiro atoms. The van der Waals surface area contributed by atoms with Gasteiger partial charge in [-0.15, -0.1) is 6.42 Å². The molecule has 2 aromatic rings. The molecule has 0 radical (unpaired) electrons. The normalized spacial score (nSPS) is 21.5. The van der Waals surface area contributed by atoms with Crippen LogP contribution in [-0.2, 0) is 4.79 Å². The number of allylic oxidation sites excluding steroid dienone is 5. The zero-order valence-corrected chi connectivity index (χ0v) is 19.4. The van der Waals surface area contributed by atoms with Crippen LogP contribution in [0.3, 0.4) is 0 Å². The molecule has 0 aromatic carbocycles. The third-order valence-electron chi connectivity index (χ3n) is 6.46. The van der Waals surface area contributed by atoms with E-state index in [9.17, 15) is 19.1 Å². The lowest BCUT2D eigenvalue weighted by molar-refractivity contribution is -0.133. The Kier molecular flexibility index (Phi) is 6.87. The van der Waals surface area contributed by atoms with E-state index in [0.29, 0.717) is 34.6 Å². The quantitative estimate of drug-likeness (QED) is 0.514. The topological polar surface area (TPSA) is 83.7 Å². The van der Waals surface area contributed by atoms with Crippen molar-refractivity contribution in [2.45, 2.75) is 40.0 Å². The first-order valence-electron chi connectivity index (χ1n) is 10.8. The van der Waals surface area contributed by atoms with Crippen LogP contribution in [0.25, 0.3) is 11.2 Å². The summed E-state index contributed by atoms with van der Waals surface area (Å²) in [4.78, 5) is 29.1. The molecule has 0 aliphatic heterocycles. The van der Waals surface area contributed by atoms with Crippen molar-refractivity contribution in [3.8, 4) is 12.3 Å². The van der Waals surface area contributed by atoms with Crippen molar-refractivity contribution >= 4 is 23.1 Å². The molecule has 172 valence electrons. The molecule has 33 heavy (non-hydrogen) atoms. The molecule has 2 aromatic heterocycles. The number of pyridine rings is 1. The van der Waals surface area contributed by atoms with Crippen molar-refractivity contribution in [2.75, 3.05) is 7.05 Å². The first kappa shape index (κ1) is 24.0. The van der Waals surface area contributed by atoms with E-state index in [0.717, 1.165) is 17.2 Å². The van der Waals surface area contributed by atoms with Crippen LogP contribution >= 0.6 is 0 Å². The number of carbonyl (C=O) groups excluding carboxylic acids is 1. The highest BCUT2D eigenvalue weighted by molar-refractivity contribution is 5.98. The second-order valence-electron chi connectivity index (χ2n) is 8.60. The fourth-order valence-corrected chi connectivity index (χ4v) is 4.34. The monoisotopic (exact) mass is 449 g/mol. The van der Waals surface area contributed by atoms with Gasteiger partial charge in [0.25, 0.3) is 5.91 Å². The number of hydrogen-bond donors (Lipinski definition) is 2. The highest BCUT2D eigenvalue weighted by Crippen LogP contribution is 2.41. The van der Waals surface area contributed by atoms with Gasteiger partial charge >= 0.3 is 5.97 Å². The van der Waals surface area contributed by atoms with Gasteiger partial charge in [0.2, 0.25) is 0 Å². The van der Waals surface area contributed by atoms with E-state index in [-0.39, 0.29) is 23.7 Å². The summed E-state index contributed by atoms with van der Waals surface area (Å²) in [5, 5.41) is 12.2. The molecule has 3 atom stereocenters. The molecule has 6 nitrogen and oxygen atoms in total. The number of amides is 1. The lowest BCUT2D eigenvalue weighted by atomic mass is 9.72. The van der Waals surface area contributed by atoms with Gasteiger partial charge in [-0.25, -0.2) is 9.78 Å². The standard InChI is InChI=1S/C26H28FN3O3/c1-7-19(27)9-8-14(2)23-24(25(31)28-6)30-13-21(16(4)11-22(30)29-23)20-12-18(26(32)33)10-15(3)17(20)5/h1,8-9,11-13,15,17,20H,10H2,2-6H3,(H,28,31)(H,32,33). The number of carbonyl (C=O) groups is 2. The van der Waals surface area contributed by atoms with E-state index in [1.807, 2.05) is 31.2 Å². The average molecular weight is 450 g/mol. The predicted octanol–water partition coefficient (Wildman–Crippen LogP) is 4.66. The van der Waals surface area contributed by atoms with E-state index in [1.165, 1.54) is 13.1 Å². The molecular formula is C26H28FN3O3. The number of fused-ring (bicyclic) bond motifs is 1. The number of aryl methyl sites for hydroxylation is 1. The maximum atomic E-state index is 13.4.